The molecular weight excluding hydrogens is 309 g/mol. The summed E-state index contributed by atoms with van der Waals surface area (Å²) in [6, 6.07) is 4.58. The van der Waals surface area contributed by atoms with Gasteiger partial charge in [-0.15, -0.1) is 0 Å². The van der Waals surface area contributed by atoms with Gasteiger partial charge in [-0.1, -0.05) is 38.8 Å². The van der Waals surface area contributed by atoms with E-state index in [1.54, 1.807) is 6.07 Å². The van der Waals surface area contributed by atoms with Gasteiger partial charge in [0.15, 0.2) is 0 Å². The number of hydrogen-bond donors (Lipinski definition) is 1. The van der Waals surface area contributed by atoms with Gasteiger partial charge in [0.25, 0.3) is 0 Å². The van der Waals surface area contributed by atoms with Gasteiger partial charge < -0.3 is 5.32 Å². The van der Waals surface area contributed by atoms with Crippen LogP contribution in [-0.4, -0.2) is 22.0 Å². The zero-order chi connectivity index (χ0) is 15.6. The Bertz CT molecular complexity index is 535. The van der Waals surface area contributed by atoms with Gasteiger partial charge in [-0.3, -0.25) is 4.21 Å². The summed E-state index contributed by atoms with van der Waals surface area (Å²) in [5.41, 5.74) is 0.110. The maximum Gasteiger partial charge on any atom is 0.141 e. The van der Waals surface area contributed by atoms with E-state index in [1.807, 2.05) is 0 Å². The van der Waals surface area contributed by atoms with Crippen LogP contribution < -0.4 is 5.32 Å². The second-order valence-electron chi connectivity index (χ2n) is 6.33. The minimum Gasteiger partial charge on any atom is -0.313 e. The number of nitrogens with one attached hydrogen (secondary N) is 1. The summed E-state index contributed by atoms with van der Waals surface area (Å²) >= 11 is 5.83. The summed E-state index contributed by atoms with van der Waals surface area (Å²) in [6.07, 6.45) is 3.12. The third-order valence-electron chi connectivity index (χ3n) is 4.35. The van der Waals surface area contributed by atoms with E-state index in [2.05, 4.69) is 26.1 Å². The van der Waals surface area contributed by atoms with Crippen molar-refractivity contribution in [2.24, 2.45) is 5.41 Å². The first-order valence-electron chi connectivity index (χ1n) is 7.46. The number of benzene rings is 1. The van der Waals surface area contributed by atoms with E-state index in [0.29, 0.717) is 4.90 Å². The lowest BCUT2D eigenvalue weighted by Crippen LogP contribution is -2.53. The molecule has 2 nitrogen and oxygen atoms in total. The highest BCUT2D eigenvalue weighted by atomic mass is 35.5. The Balaban J connectivity index is 2.28. The number of hydrogen-bond acceptors (Lipinski definition) is 2. The Labute approximate surface area is 133 Å². The smallest absolute Gasteiger partial charge is 0.141 e. The maximum absolute atomic E-state index is 13.3. The molecule has 2 rings (SSSR count). The Morgan fingerprint density at radius 3 is 2.81 bits per heavy atom. The van der Waals surface area contributed by atoms with E-state index in [1.165, 1.54) is 12.1 Å². The molecule has 0 aromatic heterocycles. The van der Waals surface area contributed by atoms with Gasteiger partial charge >= 0.3 is 0 Å². The van der Waals surface area contributed by atoms with Gasteiger partial charge in [-0.05, 0) is 43.0 Å². The number of halogens is 2. The van der Waals surface area contributed by atoms with Crippen LogP contribution in [-0.2, 0) is 10.8 Å². The average Bonchev–Trinajstić information content (AvgIpc) is 2.43. The highest BCUT2D eigenvalue weighted by Gasteiger charge is 2.41. The molecule has 21 heavy (non-hydrogen) atoms. The van der Waals surface area contributed by atoms with Gasteiger partial charge in [0.2, 0.25) is 0 Å². The zero-order valence-corrected chi connectivity index (χ0v) is 14.4. The van der Waals surface area contributed by atoms with Gasteiger partial charge in [-0.2, -0.15) is 0 Å². The zero-order valence-electron chi connectivity index (χ0n) is 12.8. The predicted molar refractivity (Wildman–Crippen MR) is 86.7 cm³/mol. The molecule has 0 spiro atoms. The third kappa shape index (κ3) is 3.66. The summed E-state index contributed by atoms with van der Waals surface area (Å²) in [6.45, 7) is 7.37. The van der Waals surface area contributed by atoms with Gasteiger partial charge in [0, 0.05) is 10.9 Å². The molecule has 1 fully saturated rings. The maximum atomic E-state index is 13.3. The standard InChI is InChI=1S/C16H23ClFNOS/c1-4-19-15-14(6-5-9-16(15,2)3)21(20)11-7-8-13(18)12(17)10-11/h7-8,10,14-15,19H,4-6,9H2,1-3H3. The largest absolute Gasteiger partial charge is 0.313 e. The molecular formula is C16H23ClFNOS. The van der Waals surface area contributed by atoms with Crippen molar-refractivity contribution in [3.63, 3.8) is 0 Å². The van der Waals surface area contributed by atoms with Crippen molar-refractivity contribution >= 4 is 22.4 Å². The van der Waals surface area contributed by atoms with E-state index >= 15 is 0 Å². The molecule has 1 aromatic rings. The van der Waals surface area contributed by atoms with Crippen LogP contribution in [0.4, 0.5) is 4.39 Å². The molecule has 5 heteroatoms. The van der Waals surface area contributed by atoms with Crippen LogP contribution in [0.3, 0.4) is 0 Å². The molecule has 3 atom stereocenters. The lowest BCUT2D eigenvalue weighted by molar-refractivity contribution is 0.174. The fraction of sp³-hybridized carbons (Fsp3) is 0.625. The Morgan fingerprint density at radius 1 is 1.48 bits per heavy atom. The average molecular weight is 332 g/mol. The highest BCUT2D eigenvalue weighted by molar-refractivity contribution is 7.85. The van der Waals surface area contributed by atoms with Crippen LogP contribution in [0.5, 0.6) is 0 Å². The first kappa shape index (κ1) is 16.9. The Hall–Kier alpha value is -0.450. The predicted octanol–water partition coefficient (Wildman–Crippen LogP) is 4.14. The van der Waals surface area contributed by atoms with Crippen LogP contribution in [0.2, 0.25) is 5.02 Å². The van der Waals surface area contributed by atoms with E-state index < -0.39 is 16.6 Å². The molecule has 0 bridgehead atoms. The van der Waals surface area contributed by atoms with Crippen molar-refractivity contribution in [3.05, 3.63) is 29.0 Å². The summed E-state index contributed by atoms with van der Waals surface area (Å²) in [7, 11) is -1.18. The van der Waals surface area contributed by atoms with E-state index in [9.17, 15) is 8.60 Å². The molecule has 1 N–H and O–H groups in total. The van der Waals surface area contributed by atoms with Crippen LogP contribution >= 0.6 is 11.6 Å². The molecule has 1 aliphatic rings. The Morgan fingerprint density at radius 2 is 2.19 bits per heavy atom. The van der Waals surface area contributed by atoms with Crippen molar-refractivity contribution in [2.75, 3.05) is 6.54 Å². The monoisotopic (exact) mass is 331 g/mol. The summed E-state index contributed by atoms with van der Waals surface area (Å²) < 4.78 is 26.2. The van der Waals surface area contributed by atoms with Crippen LogP contribution in [0.25, 0.3) is 0 Å². The van der Waals surface area contributed by atoms with E-state index in [-0.39, 0.29) is 21.7 Å². The summed E-state index contributed by atoms with van der Waals surface area (Å²) in [4.78, 5) is 0.618. The molecule has 118 valence electrons. The fourth-order valence-corrected chi connectivity index (χ4v) is 5.34. The third-order valence-corrected chi connectivity index (χ3v) is 6.41. The molecule has 1 saturated carbocycles. The van der Waals surface area contributed by atoms with Gasteiger partial charge in [0.1, 0.15) is 5.82 Å². The molecule has 0 amide bonds. The first-order valence-corrected chi connectivity index (χ1v) is 9.05. The van der Waals surface area contributed by atoms with Crippen molar-refractivity contribution in [1.82, 2.24) is 5.32 Å². The van der Waals surface area contributed by atoms with Crippen molar-refractivity contribution in [3.8, 4) is 0 Å². The van der Waals surface area contributed by atoms with Crippen molar-refractivity contribution < 1.29 is 8.60 Å². The highest BCUT2D eigenvalue weighted by Crippen LogP contribution is 2.39. The van der Waals surface area contributed by atoms with Crippen LogP contribution in [0.15, 0.2) is 23.1 Å². The Kier molecular flexibility index (Phi) is 5.44. The fourth-order valence-electron chi connectivity index (χ4n) is 3.22. The normalized spacial score (nSPS) is 26.5. The summed E-state index contributed by atoms with van der Waals surface area (Å²) in [5, 5.41) is 3.58. The van der Waals surface area contributed by atoms with E-state index in [0.717, 1.165) is 25.8 Å². The second-order valence-corrected chi connectivity index (χ2v) is 8.41. The topological polar surface area (TPSA) is 29.1 Å². The minimum absolute atomic E-state index is 0.0372. The summed E-state index contributed by atoms with van der Waals surface area (Å²) in [5.74, 6) is -0.468. The molecule has 3 unspecified atom stereocenters. The number of rotatable bonds is 4. The molecule has 0 radical (unpaired) electrons. The molecule has 0 heterocycles. The molecule has 1 aromatic carbocycles. The lowest BCUT2D eigenvalue weighted by atomic mass is 9.73. The second kappa shape index (κ2) is 6.76. The van der Waals surface area contributed by atoms with Crippen LogP contribution in [0, 0.1) is 11.2 Å². The van der Waals surface area contributed by atoms with Gasteiger partial charge in [-0.25, -0.2) is 4.39 Å². The van der Waals surface area contributed by atoms with Crippen molar-refractivity contribution in [1.29, 1.82) is 0 Å². The minimum atomic E-state index is -1.18. The SMILES string of the molecule is CCNC1C(S(=O)c2ccc(F)c(Cl)c2)CCCC1(C)C. The van der Waals surface area contributed by atoms with Crippen molar-refractivity contribution in [2.45, 2.75) is 56.2 Å². The van der Waals surface area contributed by atoms with E-state index in [4.69, 9.17) is 11.6 Å². The van der Waals surface area contributed by atoms with Gasteiger partial charge in [0.05, 0.1) is 21.1 Å². The van der Waals surface area contributed by atoms with Crippen LogP contribution in [0.1, 0.15) is 40.0 Å². The molecule has 0 saturated heterocycles. The first-order chi connectivity index (χ1) is 9.86. The lowest BCUT2D eigenvalue weighted by Gasteiger charge is -2.44. The quantitative estimate of drug-likeness (QED) is 0.898. The molecule has 0 aliphatic heterocycles. The molecule has 1 aliphatic carbocycles.